The first-order valence-electron chi connectivity index (χ1n) is 5.68. The normalized spacial score (nSPS) is 29.8. The van der Waals surface area contributed by atoms with Gasteiger partial charge in [0.15, 0.2) is 0 Å². The molecule has 1 aliphatic carbocycles. The molecule has 1 aromatic rings. The number of hydrogen-bond donors (Lipinski definition) is 1. The van der Waals surface area contributed by atoms with E-state index in [0.29, 0.717) is 6.42 Å². The lowest BCUT2D eigenvalue weighted by Crippen LogP contribution is -2.48. The molecule has 1 aliphatic heterocycles. The second-order valence-electron chi connectivity index (χ2n) is 4.81. The van der Waals surface area contributed by atoms with Crippen molar-refractivity contribution in [1.82, 2.24) is 0 Å². The average Bonchev–Trinajstić information content (AvgIpc) is 2.18. The molecule has 2 aliphatic rings. The Labute approximate surface area is 108 Å². The van der Waals surface area contributed by atoms with Crippen molar-refractivity contribution < 1.29 is 9.59 Å². The van der Waals surface area contributed by atoms with Gasteiger partial charge < -0.3 is 5.32 Å². The quantitative estimate of drug-likeness (QED) is 0.865. The molecular weight excluding hydrogens is 282 g/mol. The highest BCUT2D eigenvalue weighted by molar-refractivity contribution is 9.10. The fraction of sp³-hybridized carbons (Fsp3) is 0.385. The SMILES string of the molecule is CC(=O)[C@@H]1C[C@H]2C(=O)Nc3ccc(Br)cc3[C@@H]12. The summed E-state index contributed by atoms with van der Waals surface area (Å²) >= 11 is 3.44. The lowest BCUT2D eigenvalue weighted by molar-refractivity contribution is -0.133. The molecule has 0 radical (unpaired) electrons. The molecule has 0 aromatic heterocycles. The zero-order chi connectivity index (χ0) is 12.2. The summed E-state index contributed by atoms with van der Waals surface area (Å²) in [6, 6.07) is 5.81. The van der Waals surface area contributed by atoms with Gasteiger partial charge in [-0.05, 0) is 37.1 Å². The van der Waals surface area contributed by atoms with Gasteiger partial charge in [0.2, 0.25) is 5.91 Å². The van der Waals surface area contributed by atoms with E-state index in [0.717, 1.165) is 15.7 Å². The van der Waals surface area contributed by atoms with Crippen LogP contribution in [-0.2, 0) is 9.59 Å². The molecule has 1 amide bonds. The van der Waals surface area contributed by atoms with Crippen molar-refractivity contribution in [2.24, 2.45) is 11.8 Å². The molecule has 1 fully saturated rings. The van der Waals surface area contributed by atoms with Gasteiger partial charge in [0.25, 0.3) is 0 Å². The van der Waals surface area contributed by atoms with Crippen molar-refractivity contribution in [2.75, 3.05) is 5.32 Å². The maximum Gasteiger partial charge on any atom is 0.228 e. The molecule has 0 unspecified atom stereocenters. The summed E-state index contributed by atoms with van der Waals surface area (Å²) in [5.41, 5.74) is 1.95. The topological polar surface area (TPSA) is 46.2 Å². The number of anilines is 1. The van der Waals surface area contributed by atoms with Gasteiger partial charge in [-0.1, -0.05) is 15.9 Å². The van der Waals surface area contributed by atoms with Crippen LogP contribution in [0.4, 0.5) is 5.69 Å². The van der Waals surface area contributed by atoms with Gasteiger partial charge in [0.1, 0.15) is 5.78 Å². The number of carbonyl (C=O) groups is 2. The third kappa shape index (κ3) is 1.54. The van der Waals surface area contributed by atoms with Gasteiger partial charge in [-0.3, -0.25) is 9.59 Å². The van der Waals surface area contributed by atoms with Crippen molar-refractivity contribution >= 4 is 33.3 Å². The Morgan fingerprint density at radius 1 is 1.47 bits per heavy atom. The molecule has 3 atom stereocenters. The summed E-state index contributed by atoms with van der Waals surface area (Å²) < 4.78 is 0.986. The van der Waals surface area contributed by atoms with E-state index in [9.17, 15) is 9.59 Å². The summed E-state index contributed by atoms with van der Waals surface area (Å²) in [7, 11) is 0. The molecule has 88 valence electrons. The van der Waals surface area contributed by atoms with Gasteiger partial charge >= 0.3 is 0 Å². The van der Waals surface area contributed by atoms with Crippen LogP contribution in [0.2, 0.25) is 0 Å². The summed E-state index contributed by atoms with van der Waals surface area (Å²) in [6.07, 6.45) is 0.692. The minimum absolute atomic E-state index is 0.0131. The van der Waals surface area contributed by atoms with Crippen LogP contribution in [0.3, 0.4) is 0 Å². The van der Waals surface area contributed by atoms with E-state index >= 15 is 0 Å². The van der Waals surface area contributed by atoms with Gasteiger partial charge in [-0.25, -0.2) is 0 Å². The minimum Gasteiger partial charge on any atom is -0.326 e. The number of carbonyl (C=O) groups excluding carboxylic acids is 2. The van der Waals surface area contributed by atoms with Crippen LogP contribution >= 0.6 is 15.9 Å². The second-order valence-corrected chi connectivity index (χ2v) is 5.72. The molecule has 4 heteroatoms. The van der Waals surface area contributed by atoms with Gasteiger partial charge in [0.05, 0.1) is 0 Å². The Morgan fingerprint density at radius 2 is 2.24 bits per heavy atom. The van der Waals surface area contributed by atoms with E-state index < -0.39 is 0 Å². The maximum absolute atomic E-state index is 11.8. The van der Waals surface area contributed by atoms with Crippen molar-refractivity contribution in [3.63, 3.8) is 0 Å². The molecule has 3 nitrogen and oxygen atoms in total. The molecule has 0 spiro atoms. The minimum atomic E-state index is -0.0225. The Kier molecular flexibility index (Phi) is 2.36. The monoisotopic (exact) mass is 293 g/mol. The van der Waals surface area contributed by atoms with Crippen LogP contribution in [0.5, 0.6) is 0 Å². The largest absolute Gasteiger partial charge is 0.326 e. The molecule has 1 heterocycles. The Balaban J connectivity index is 2.08. The number of ketones is 1. The highest BCUT2D eigenvalue weighted by Crippen LogP contribution is 2.53. The van der Waals surface area contributed by atoms with Crippen molar-refractivity contribution in [3.8, 4) is 0 Å². The summed E-state index contributed by atoms with van der Waals surface area (Å²) in [5.74, 6) is 0.313. The third-order valence-corrected chi connectivity index (χ3v) is 4.36. The van der Waals surface area contributed by atoms with Crippen LogP contribution in [0.15, 0.2) is 22.7 Å². The van der Waals surface area contributed by atoms with Crippen LogP contribution in [0, 0.1) is 11.8 Å². The molecular formula is C13H12BrNO2. The second kappa shape index (κ2) is 3.67. The van der Waals surface area contributed by atoms with Gasteiger partial charge in [0, 0.05) is 27.9 Å². The smallest absolute Gasteiger partial charge is 0.228 e. The molecule has 0 bridgehead atoms. The first kappa shape index (κ1) is 11.0. The van der Waals surface area contributed by atoms with Crippen molar-refractivity contribution in [3.05, 3.63) is 28.2 Å². The highest BCUT2D eigenvalue weighted by atomic mass is 79.9. The molecule has 1 aromatic carbocycles. The Morgan fingerprint density at radius 3 is 2.94 bits per heavy atom. The molecule has 1 saturated carbocycles. The number of amides is 1. The van der Waals surface area contributed by atoms with E-state index in [-0.39, 0.29) is 29.4 Å². The number of Topliss-reactive ketones (excluding diaryl/α,β-unsaturated/α-hetero) is 1. The average molecular weight is 294 g/mol. The van der Waals surface area contributed by atoms with Gasteiger partial charge in [-0.2, -0.15) is 0 Å². The number of nitrogens with one attached hydrogen (secondary N) is 1. The lowest BCUT2D eigenvalue weighted by atomic mass is 9.58. The van der Waals surface area contributed by atoms with Crippen LogP contribution in [-0.4, -0.2) is 11.7 Å². The summed E-state index contributed by atoms with van der Waals surface area (Å²) in [5, 5.41) is 2.91. The summed E-state index contributed by atoms with van der Waals surface area (Å²) in [6.45, 7) is 1.62. The standard InChI is InChI=1S/C13H12BrNO2/c1-6(16)8-5-10-12(8)9-4-7(14)2-3-11(9)15-13(10)17/h2-4,8,10,12H,5H2,1H3,(H,15,17)/t8-,10+,12+/m0/s1. The van der Waals surface area contributed by atoms with E-state index in [4.69, 9.17) is 0 Å². The molecule has 3 rings (SSSR count). The fourth-order valence-electron chi connectivity index (χ4n) is 2.92. The fourth-order valence-corrected chi connectivity index (χ4v) is 3.30. The number of rotatable bonds is 1. The predicted molar refractivity (Wildman–Crippen MR) is 67.8 cm³/mol. The van der Waals surface area contributed by atoms with E-state index in [1.165, 1.54) is 0 Å². The molecule has 1 N–H and O–H groups in total. The van der Waals surface area contributed by atoms with E-state index in [2.05, 4.69) is 21.2 Å². The van der Waals surface area contributed by atoms with E-state index in [1.54, 1.807) is 6.92 Å². The highest BCUT2D eigenvalue weighted by Gasteiger charge is 2.51. The lowest BCUT2D eigenvalue weighted by Gasteiger charge is -2.46. The van der Waals surface area contributed by atoms with Crippen molar-refractivity contribution in [1.29, 1.82) is 0 Å². The van der Waals surface area contributed by atoms with Gasteiger partial charge in [-0.15, -0.1) is 0 Å². The first-order valence-corrected chi connectivity index (χ1v) is 6.48. The third-order valence-electron chi connectivity index (χ3n) is 3.86. The van der Waals surface area contributed by atoms with Crippen LogP contribution in [0.25, 0.3) is 0 Å². The molecule has 0 saturated heterocycles. The Bertz CT molecular complexity index is 526. The zero-order valence-electron chi connectivity index (χ0n) is 9.37. The predicted octanol–water partition coefficient (Wildman–Crippen LogP) is 2.71. The van der Waals surface area contributed by atoms with E-state index in [1.807, 2.05) is 18.2 Å². The van der Waals surface area contributed by atoms with Crippen LogP contribution in [0.1, 0.15) is 24.8 Å². The summed E-state index contributed by atoms with van der Waals surface area (Å²) in [4.78, 5) is 23.4. The number of fused-ring (bicyclic) bond motifs is 3. The Hall–Kier alpha value is -1.16. The number of halogens is 1. The zero-order valence-corrected chi connectivity index (χ0v) is 11.0. The maximum atomic E-state index is 11.8. The van der Waals surface area contributed by atoms with Crippen molar-refractivity contribution in [2.45, 2.75) is 19.3 Å². The van der Waals surface area contributed by atoms with Crippen LogP contribution < -0.4 is 5.32 Å². The first-order chi connectivity index (χ1) is 8.08. The number of hydrogen-bond acceptors (Lipinski definition) is 2. The number of benzene rings is 1. The molecule has 17 heavy (non-hydrogen) atoms.